The zero-order chi connectivity index (χ0) is 22.0. The summed E-state index contributed by atoms with van der Waals surface area (Å²) in [6, 6.07) is 18.7. The van der Waals surface area contributed by atoms with Crippen molar-refractivity contribution in [2.45, 2.75) is 33.3 Å². The Hall–Kier alpha value is -3.12. The van der Waals surface area contributed by atoms with E-state index < -0.39 is 0 Å². The summed E-state index contributed by atoms with van der Waals surface area (Å²) in [7, 11) is 0. The van der Waals surface area contributed by atoms with E-state index in [1.54, 1.807) is 12.1 Å². The van der Waals surface area contributed by atoms with Crippen LogP contribution in [-0.4, -0.2) is 17.0 Å². The number of aromatic nitrogens is 1. The average molecular weight is 479 g/mol. The van der Waals surface area contributed by atoms with Crippen molar-refractivity contribution in [3.8, 4) is 17.2 Å². The third-order valence-electron chi connectivity index (χ3n) is 4.77. The van der Waals surface area contributed by atoms with Crippen LogP contribution in [0.15, 0.2) is 69.6 Å². The Balaban J connectivity index is 1.51. The molecule has 0 aliphatic carbocycles. The highest BCUT2D eigenvalue weighted by Crippen LogP contribution is 2.31. The standard InChI is InChI=1S/C25H23BrN2O3/c1-4-16-12-21(26)23-22(13-16)28-25(31-23)17-8-10-19(11-9-17)27-24(29)18-6-5-7-20(14-18)30-15(2)3/h5-15H,4H2,1-3H3,(H,27,29). The summed E-state index contributed by atoms with van der Waals surface area (Å²) in [6.45, 7) is 6.01. The van der Waals surface area contributed by atoms with E-state index in [1.807, 2.05) is 56.3 Å². The van der Waals surface area contributed by atoms with Gasteiger partial charge in [0.1, 0.15) is 11.3 Å². The van der Waals surface area contributed by atoms with Crippen molar-refractivity contribution >= 4 is 38.6 Å². The van der Waals surface area contributed by atoms with Crippen LogP contribution in [0.4, 0.5) is 5.69 Å². The lowest BCUT2D eigenvalue weighted by molar-refractivity contribution is 0.102. The highest BCUT2D eigenvalue weighted by atomic mass is 79.9. The highest BCUT2D eigenvalue weighted by molar-refractivity contribution is 9.10. The fourth-order valence-corrected chi connectivity index (χ4v) is 3.83. The Morgan fingerprint density at radius 3 is 2.61 bits per heavy atom. The van der Waals surface area contributed by atoms with E-state index in [0.717, 1.165) is 27.6 Å². The van der Waals surface area contributed by atoms with Crippen LogP contribution in [0.1, 0.15) is 36.7 Å². The molecule has 0 bridgehead atoms. The average Bonchev–Trinajstić information content (AvgIpc) is 3.18. The molecule has 0 unspecified atom stereocenters. The van der Waals surface area contributed by atoms with Crippen molar-refractivity contribution in [2.24, 2.45) is 0 Å². The number of carbonyl (C=O) groups excluding carboxylic acids is 1. The molecule has 1 N–H and O–H groups in total. The van der Waals surface area contributed by atoms with Gasteiger partial charge in [-0.25, -0.2) is 4.98 Å². The Morgan fingerprint density at radius 1 is 1.13 bits per heavy atom. The molecular weight excluding hydrogens is 456 g/mol. The molecule has 31 heavy (non-hydrogen) atoms. The van der Waals surface area contributed by atoms with E-state index in [4.69, 9.17) is 9.15 Å². The monoisotopic (exact) mass is 478 g/mol. The van der Waals surface area contributed by atoms with Crippen molar-refractivity contribution in [1.29, 1.82) is 0 Å². The maximum Gasteiger partial charge on any atom is 0.255 e. The van der Waals surface area contributed by atoms with Gasteiger partial charge in [0, 0.05) is 16.8 Å². The molecule has 6 heteroatoms. The zero-order valence-electron chi connectivity index (χ0n) is 17.6. The number of fused-ring (bicyclic) bond motifs is 1. The largest absolute Gasteiger partial charge is 0.491 e. The van der Waals surface area contributed by atoms with Crippen LogP contribution >= 0.6 is 15.9 Å². The fourth-order valence-electron chi connectivity index (χ4n) is 3.26. The topological polar surface area (TPSA) is 64.4 Å². The number of rotatable bonds is 6. The van der Waals surface area contributed by atoms with E-state index in [1.165, 1.54) is 5.56 Å². The van der Waals surface area contributed by atoms with Crippen molar-refractivity contribution in [3.05, 3.63) is 76.3 Å². The predicted molar refractivity (Wildman–Crippen MR) is 127 cm³/mol. The molecule has 0 atom stereocenters. The number of halogens is 1. The molecule has 3 aromatic carbocycles. The van der Waals surface area contributed by atoms with Gasteiger partial charge in [-0.15, -0.1) is 0 Å². The lowest BCUT2D eigenvalue weighted by Gasteiger charge is -2.11. The lowest BCUT2D eigenvalue weighted by Crippen LogP contribution is -2.12. The van der Waals surface area contributed by atoms with Crippen LogP contribution in [0.5, 0.6) is 5.75 Å². The fraction of sp³-hybridized carbons (Fsp3) is 0.200. The maximum absolute atomic E-state index is 12.6. The number of oxazole rings is 1. The second kappa shape index (κ2) is 8.94. The van der Waals surface area contributed by atoms with Crippen LogP contribution in [0.25, 0.3) is 22.6 Å². The van der Waals surface area contributed by atoms with Crippen molar-refractivity contribution < 1.29 is 13.9 Å². The number of hydrogen-bond donors (Lipinski definition) is 1. The van der Waals surface area contributed by atoms with Gasteiger partial charge in [0.25, 0.3) is 5.91 Å². The first kappa shape index (κ1) is 21.1. The van der Waals surface area contributed by atoms with Gasteiger partial charge in [0.05, 0.1) is 10.6 Å². The van der Waals surface area contributed by atoms with E-state index in [9.17, 15) is 4.79 Å². The molecular formula is C25H23BrN2O3. The minimum absolute atomic E-state index is 0.0481. The summed E-state index contributed by atoms with van der Waals surface area (Å²) in [4.78, 5) is 17.2. The van der Waals surface area contributed by atoms with E-state index in [-0.39, 0.29) is 12.0 Å². The quantitative estimate of drug-likeness (QED) is 0.328. The van der Waals surface area contributed by atoms with Crippen LogP contribution in [0.3, 0.4) is 0 Å². The SMILES string of the molecule is CCc1cc(Br)c2oc(-c3ccc(NC(=O)c4cccc(OC(C)C)c4)cc3)nc2c1. The third-order valence-corrected chi connectivity index (χ3v) is 5.36. The van der Waals surface area contributed by atoms with Gasteiger partial charge >= 0.3 is 0 Å². The van der Waals surface area contributed by atoms with Gasteiger partial charge in [-0.05, 0) is 96.4 Å². The first-order valence-electron chi connectivity index (χ1n) is 10.2. The van der Waals surface area contributed by atoms with Crippen molar-refractivity contribution in [2.75, 3.05) is 5.32 Å². The van der Waals surface area contributed by atoms with Crippen molar-refractivity contribution in [1.82, 2.24) is 4.98 Å². The number of nitrogens with zero attached hydrogens (tertiary/aromatic N) is 1. The van der Waals surface area contributed by atoms with Gasteiger partial charge in [-0.2, -0.15) is 0 Å². The summed E-state index contributed by atoms with van der Waals surface area (Å²) < 4.78 is 12.5. The third kappa shape index (κ3) is 4.80. The summed E-state index contributed by atoms with van der Waals surface area (Å²) in [6.07, 6.45) is 0.976. The van der Waals surface area contributed by atoms with Crippen molar-refractivity contribution in [3.63, 3.8) is 0 Å². The highest BCUT2D eigenvalue weighted by Gasteiger charge is 2.13. The molecule has 1 amide bonds. The first-order valence-corrected chi connectivity index (χ1v) is 11.0. The number of hydrogen-bond acceptors (Lipinski definition) is 4. The lowest BCUT2D eigenvalue weighted by atomic mass is 10.1. The summed E-state index contributed by atoms with van der Waals surface area (Å²) >= 11 is 3.56. The molecule has 1 aromatic heterocycles. The second-order valence-electron chi connectivity index (χ2n) is 7.52. The van der Waals surface area contributed by atoms with Gasteiger partial charge in [0.2, 0.25) is 5.89 Å². The molecule has 0 aliphatic heterocycles. The number of nitrogens with one attached hydrogen (secondary N) is 1. The molecule has 158 valence electrons. The number of anilines is 1. The predicted octanol–water partition coefficient (Wildman–Crippen LogP) is 6.86. The summed E-state index contributed by atoms with van der Waals surface area (Å²) in [5.41, 5.74) is 4.81. The van der Waals surface area contributed by atoms with Gasteiger partial charge in [-0.3, -0.25) is 4.79 Å². The molecule has 5 nitrogen and oxygen atoms in total. The molecule has 0 fully saturated rings. The number of ether oxygens (including phenoxy) is 1. The Morgan fingerprint density at radius 2 is 1.90 bits per heavy atom. The number of benzene rings is 3. The summed E-state index contributed by atoms with van der Waals surface area (Å²) in [5, 5.41) is 2.92. The Bertz CT molecular complexity index is 1230. The molecule has 0 radical (unpaired) electrons. The number of aryl methyl sites for hydroxylation is 1. The maximum atomic E-state index is 12.6. The number of amides is 1. The van der Waals surface area contributed by atoms with E-state index in [0.29, 0.717) is 22.9 Å². The molecule has 0 saturated heterocycles. The summed E-state index contributed by atoms with van der Waals surface area (Å²) in [5.74, 6) is 1.02. The van der Waals surface area contributed by atoms with E-state index in [2.05, 4.69) is 39.2 Å². The molecule has 1 heterocycles. The van der Waals surface area contributed by atoms with Crippen LogP contribution in [0, 0.1) is 0 Å². The van der Waals surface area contributed by atoms with Gasteiger partial charge in [0.15, 0.2) is 5.58 Å². The molecule has 4 aromatic rings. The minimum atomic E-state index is -0.195. The first-order chi connectivity index (χ1) is 14.9. The van der Waals surface area contributed by atoms with E-state index >= 15 is 0 Å². The molecule has 4 rings (SSSR count). The Kier molecular flexibility index (Phi) is 6.09. The molecule has 0 spiro atoms. The smallest absolute Gasteiger partial charge is 0.255 e. The van der Waals surface area contributed by atoms with Crippen LogP contribution in [0.2, 0.25) is 0 Å². The minimum Gasteiger partial charge on any atom is -0.491 e. The normalized spacial score (nSPS) is 11.1. The molecule has 0 aliphatic rings. The van der Waals surface area contributed by atoms with Crippen LogP contribution < -0.4 is 10.1 Å². The van der Waals surface area contributed by atoms with Gasteiger partial charge < -0.3 is 14.5 Å². The number of carbonyl (C=O) groups is 1. The zero-order valence-corrected chi connectivity index (χ0v) is 19.2. The van der Waals surface area contributed by atoms with Crippen LogP contribution in [-0.2, 0) is 6.42 Å². The Labute approximate surface area is 189 Å². The van der Waals surface area contributed by atoms with Gasteiger partial charge in [-0.1, -0.05) is 13.0 Å². The molecule has 0 saturated carbocycles. The second-order valence-corrected chi connectivity index (χ2v) is 8.38.